The summed E-state index contributed by atoms with van der Waals surface area (Å²) in [5.41, 5.74) is 0.310. The Morgan fingerprint density at radius 3 is 2.95 bits per heavy atom. The summed E-state index contributed by atoms with van der Waals surface area (Å²) in [6.45, 7) is 2.26. The number of hydrogen-bond donors (Lipinski definition) is 2. The number of carboxylic acids is 1. The molecule has 4 nitrogen and oxygen atoms in total. The van der Waals surface area contributed by atoms with E-state index < -0.39 is 11.8 Å². The SMILES string of the molecule is CN(CCNc1cc(C(=O)O)ccc1F)CC1C=CC=CC1. The van der Waals surface area contributed by atoms with Gasteiger partial charge in [-0.1, -0.05) is 24.3 Å². The maximum absolute atomic E-state index is 13.6. The summed E-state index contributed by atoms with van der Waals surface area (Å²) < 4.78 is 13.6. The van der Waals surface area contributed by atoms with E-state index in [2.05, 4.69) is 34.5 Å². The minimum absolute atomic E-state index is 0.0800. The van der Waals surface area contributed by atoms with Crippen LogP contribution in [0.2, 0.25) is 0 Å². The molecule has 0 fully saturated rings. The fourth-order valence-electron chi connectivity index (χ4n) is 2.43. The zero-order chi connectivity index (χ0) is 15.9. The predicted molar refractivity (Wildman–Crippen MR) is 85.7 cm³/mol. The molecule has 118 valence electrons. The van der Waals surface area contributed by atoms with Crippen molar-refractivity contribution in [1.29, 1.82) is 0 Å². The summed E-state index contributed by atoms with van der Waals surface area (Å²) in [6.07, 6.45) is 9.51. The zero-order valence-electron chi connectivity index (χ0n) is 12.6. The van der Waals surface area contributed by atoms with Crippen molar-refractivity contribution in [3.8, 4) is 0 Å². The molecule has 0 heterocycles. The van der Waals surface area contributed by atoms with E-state index in [1.54, 1.807) is 0 Å². The second-order valence-electron chi connectivity index (χ2n) is 5.50. The van der Waals surface area contributed by atoms with Crippen LogP contribution < -0.4 is 5.32 Å². The van der Waals surface area contributed by atoms with Crippen molar-refractivity contribution in [2.75, 3.05) is 32.0 Å². The summed E-state index contributed by atoms with van der Waals surface area (Å²) in [5, 5.41) is 11.9. The van der Waals surface area contributed by atoms with Gasteiger partial charge in [-0.2, -0.15) is 0 Å². The molecule has 2 N–H and O–H groups in total. The summed E-state index contributed by atoms with van der Waals surface area (Å²) in [5.74, 6) is -0.979. The van der Waals surface area contributed by atoms with E-state index in [-0.39, 0.29) is 11.3 Å². The number of nitrogens with zero attached hydrogens (tertiary/aromatic N) is 1. The van der Waals surface area contributed by atoms with Crippen LogP contribution in [-0.2, 0) is 0 Å². The van der Waals surface area contributed by atoms with Gasteiger partial charge in [-0.05, 0) is 37.6 Å². The molecular weight excluding hydrogens is 283 g/mol. The molecule has 0 bridgehead atoms. The summed E-state index contributed by atoms with van der Waals surface area (Å²) in [4.78, 5) is 13.1. The van der Waals surface area contributed by atoms with Crippen LogP contribution in [0.3, 0.4) is 0 Å². The highest BCUT2D eigenvalue weighted by atomic mass is 19.1. The van der Waals surface area contributed by atoms with Gasteiger partial charge in [0, 0.05) is 19.6 Å². The number of hydrogen-bond acceptors (Lipinski definition) is 3. The van der Waals surface area contributed by atoms with Gasteiger partial charge in [-0.15, -0.1) is 0 Å². The number of halogens is 1. The minimum Gasteiger partial charge on any atom is -0.478 e. The number of anilines is 1. The van der Waals surface area contributed by atoms with E-state index in [0.29, 0.717) is 12.5 Å². The number of likely N-dealkylation sites (N-methyl/N-ethyl adjacent to an activating group) is 1. The van der Waals surface area contributed by atoms with Gasteiger partial charge >= 0.3 is 5.97 Å². The largest absolute Gasteiger partial charge is 0.478 e. The fraction of sp³-hybridized carbons (Fsp3) is 0.353. The van der Waals surface area contributed by atoms with Gasteiger partial charge in [0.15, 0.2) is 0 Å². The van der Waals surface area contributed by atoms with Crippen molar-refractivity contribution >= 4 is 11.7 Å². The predicted octanol–water partition coefficient (Wildman–Crippen LogP) is 3.00. The molecule has 1 atom stereocenters. The van der Waals surface area contributed by atoms with E-state index in [1.807, 2.05) is 7.05 Å². The van der Waals surface area contributed by atoms with E-state index in [4.69, 9.17) is 5.11 Å². The van der Waals surface area contributed by atoms with Gasteiger partial charge in [0.1, 0.15) is 5.82 Å². The smallest absolute Gasteiger partial charge is 0.335 e. The highest BCUT2D eigenvalue weighted by Crippen LogP contribution is 2.16. The van der Waals surface area contributed by atoms with Crippen molar-refractivity contribution in [3.63, 3.8) is 0 Å². The quantitative estimate of drug-likeness (QED) is 0.813. The Kier molecular flexibility index (Phi) is 5.72. The van der Waals surface area contributed by atoms with Gasteiger partial charge < -0.3 is 15.3 Å². The molecule has 1 unspecified atom stereocenters. The first-order valence-electron chi connectivity index (χ1n) is 7.35. The van der Waals surface area contributed by atoms with Crippen LogP contribution in [-0.4, -0.2) is 42.7 Å². The fourth-order valence-corrected chi connectivity index (χ4v) is 2.43. The third-order valence-electron chi connectivity index (χ3n) is 3.64. The molecule has 5 heteroatoms. The Morgan fingerprint density at radius 2 is 2.27 bits per heavy atom. The topological polar surface area (TPSA) is 52.6 Å². The number of benzene rings is 1. The van der Waals surface area contributed by atoms with Gasteiger partial charge in [-0.25, -0.2) is 9.18 Å². The third-order valence-corrected chi connectivity index (χ3v) is 3.64. The van der Waals surface area contributed by atoms with Crippen LogP contribution in [0.1, 0.15) is 16.8 Å². The first-order valence-corrected chi connectivity index (χ1v) is 7.35. The lowest BCUT2D eigenvalue weighted by Crippen LogP contribution is -2.30. The zero-order valence-corrected chi connectivity index (χ0v) is 12.6. The molecule has 0 spiro atoms. The number of aromatic carboxylic acids is 1. The van der Waals surface area contributed by atoms with Crippen LogP contribution in [0.5, 0.6) is 0 Å². The molecule has 1 aliphatic rings. The Hall–Kier alpha value is -2.14. The second-order valence-corrected chi connectivity index (χ2v) is 5.50. The monoisotopic (exact) mass is 304 g/mol. The van der Waals surface area contributed by atoms with E-state index in [1.165, 1.54) is 18.2 Å². The average Bonchev–Trinajstić information content (AvgIpc) is 2.50. The number of nitrogens with one attached hydrogen (secondary N) is 1. The molecule has 22 heavy (non-hydrogen) atoms. The standard InChI is InChI=1S/C17H21FN2O2/c1-20(12-13-5-3-2-4-6-13)10-9-19-16-11-14(17(21)22)7-8-15(16)18/h2-5,7-8,11,13,19H,6,9-10,12H2,1H3,(H,21,22). The van der Waals surface area contributed by atoms with Crippen LogP contribution >= 0.6 is 0 Å². The Balaban J connectivity index is 1.80. The summed E-state index contributed by atoms with van der Waals surface area (Å²) in [7, 11) is 2.03. The van der Waals surface area contributed by atoms with E-state index in [0.717, 1.165) is 19.5 Å². The van der Waals surface area contributed by atoms with Crippen molar-refractivity contribution < 1.29 is 14.3 Å². The number of rotatable bonds is 7. The van der Waals surface area contributed by atoms with Gasteiger partial charge in [-0.3, -0.25) is 0 Å². The normalized spacial score (nSPS) is 17.0. The minimum atomic E-state index is -1.06. The van der Waals surface area contributed by atoms with Crippen molar-refractivity contribution in [2.45, 2.75) is 6.42 Å². The molecule has 0 aromatic heterocycles. The van der Waals surface area contributed by atoms with Crippen LogP contribution in [0.15, 0.2) is 42.5 Å². The van der Waals surface area contributed by atoms with E-state index >= 15 is 0 Å². The number of carbonyl (C=O) groups is 1. The maximum Gasteiger partial charge on any atom is 0.335 e. The lowest BCUT2D eigenvalue weighted by Gasteiger charge is -2.22. The summed E-state index contributed by atoms with van der Waals surface area (Å²) in [6, 6.07) is 3.76. The summed E-state index contributed by atoms with van der Waals surface area (Å²) >= 11 is 0. The van der Waals surface area contributed by atoms with Crippen molar-refractivity contribution in [3.05, 3.63) is 53.9 Å². The molecule has 1 aromatic rings. The molecule has 0 saturated heterocycles. The van der Waals surface area contributed by atoms with Crippen LogP contribution in [0, 0.1) is 11.7 Å². The second kappa shape index (κ2) is 7.75. The van der Waals surface area contributed by atoms with Crippen molar-refractivity contribution in [1.82, 2.24) is 4.90 Å². The number of allylic oxidation sites excluding steroid dienone is 3. The van der Waals surface area contributed by atoms with Gasteiger partial charge in [0.05, 0.1) is 11.3 Å². The molecule has 1 aliphatic carbocycles. The molecule has 0 amide bonds. The first-order chi connectivity index (χ1) is 10.6. The Morgan fingerprint density at radius 1 is 1.45 bits per heavy atom. The first kappa shape index (κ1) is 16.2. The number of carboxylic acid groups (broad SMARTS) is 1. The molecule has 1 aromatic carbocycles. The van der Waals surface area contributed by atoms with Gasteiger partial charge in [0.2, 0.25) is 0 Å². The Labute approximate surface area is 129 Å². The van der Waals surface area contributed by atoms with Crippen molar-refractivity contribution in [2.24, 2.45) is 5.92 Å². The highest BCUT2D eigenvalue weighted by molar-refractivity contribution is 5.88. The molecule has 2 rings (SSSR count). The lowest BCUT2D eigenvalue weighted by molar-refractivity contribution is 0.0697. The molecule has 0 aliphatic heterocycles. The van der Waals surface area contributed by atoms with Crippen LogP contribution in [0.25, 0.3) is 0 Å². The maximum atomic E-state index is 13.6. The molecular formula is C17H21FN2O2. The van der Waals surface area contributed by atoms with E-state index in [9.17, 15) is 9.18 Å². The average molecular weight is 304 g/mol. The Bertz CT molecular complexity index is 584. The third kappa shape index (κ3) is 4.70. The highest BCUT2D eigenvalue weighted by Gasteiger charge is 2.10. The molecule has 0 radical (unpaired) electrons. The molecule has 0 saturated carbocycles. The van der Waals surface area contributed by atoms with Crippen LogP contribution in [0.4, 0.5) is 10.1 Å². The lowest BCUT2D eigenvalue weighted by atomic mass is 10.0. The van der Waals surface area contributed by atoms with Gasteiger partial charge in [0.25, 0.3) is 0 Å².